The van der Waals surface area contributed by atoms with Crippen molar-refractivity contribution < 1.29 is 45.2 Å². The van der Waals surface area contributed by atoms with Crippen LogP contribution in [0.1, 0.15) is 35.3 Å². The fraction of sp³-hybridized carbons (Fsp3) is 0.222. The van der Waals surface area contributed by atoms with E-state index in [1.807, 2.05) is 0 Å². The Morgan fingerprint density at radius 3 is 2.21 bits per heavy atom. The molecule has 0 aliphatic carbocycles. The van der Waals surface area contributed by atoms with Crippen molar-refractivity contribution in [2.75, 3.05) is 0 Å². The largest absolute Gasteiger partial charge is 0.434 e. The number of alkyl halides is 6. The molecule has 42 heavy (non-hydrogen) atoms. The zero-order chi connectivity index (χ0) is 31.0. The van der Waals surface area contributed by atoms with Crippen molar-refractivity contribution in [3.05, 3.63) is 99.1 Å². The number of hydrogen-bond donors (Lipinski definition) is 3. The van der Waals surface area contributed by atoms with Crippen molar-refractivity contribution in [2.45, 2.75) is 37.9 Å². The van der Waals surface area contributed by atoms with Crippen molar-refractivity contribution in [1.82, 2.24) is 16.3 Å². The molecule has 1 aliphatic rings. The summed E-state index contributed by atoms with van der Waals surface area (Å²) in [6.45, 7) is 2.99. The standard InChI is InChI=1S/C27H20Cl2F7N3O3/c1-13(2)41-39-22(26(31,32)33)12-37-24(40)18-8-7-17(15-5-3-4-6-16(15)18)21-11-25(42-38-21,27(34,35)36)14-9-19(28)23(30)20(29)10-14/h3-13,38-39H,1-2H3,(H,37,40)/b22-12+. The predicted octanol–water partition coefficient (Wildman–Crippen LogP) is 7.68. The van der Waals surface area contributed by atoms with Crippen molar-refractivity contribution in [3.8, 4) is 0 Å². The van der Waals surface area contributed by atoms with Crippen LogP contribution in [0.5, 0.6) is 0 Å². The van der Waals surface area contributed by atoms with E-state index in [0.29, 0.717) is 12.3 Å². The van der Waals surface area contributed by atoms with Crippen molar-refractivity contribution >= 4 is 45.6 Å². The second-order valence-corrected chi connectivity index (χ2v) is 10.1. The Balaban J connectivity index is 1.76. The molecule has 0 bridgehead atoms. The van der Waals surface area contributed by atoms with E-state index in [1.165, 1.54) is 44.2 Å². The highest BCUT2D eigenvalue weighted by Gasteiger charge is 2.60. The van der Waals surface area contributed by atoms with Gasteiger partial charge in [-0.2, -0.15) is 26.3 Å². The van der Waals surface area contributed by atoms with E-state index in [4.69, 9.17) is 32.9 Å². The van der Waals surface area contributed by atoms with Gasteiger partial charge in [0.1, 0.15) is 0 Å². The molecular weight excluding hydrogens is 618 g/mol. The summed E-state index contributed by atoms with van der Waals surface area (Å²) in [5.41, 5.74) is -1.17. The third kappa shape index (κ3) is 6.14. The summed E-state index contributed by atoms with van der Waals surface area (Å²) in [7, 11) is 0. The molecule has 3 aromatic carbocycles. The first-order valence-electron chi connectivity index (χ1n) is 12.0. The lowest BCUT2D eigenvalue weighted by Gasteiger charge is -2.28. The molecule has 0 radical (unpaired) electrons. The molecule has 0 fully saturated rings. The zero-order valence-electron chi connectivity index (χ0n) is 21.5. The van der Waals surface area contributed by atoms with Crippen LogP contribution in [0.3, 0.4) is 0 Å². The molecule has 0 saturated carbocycles. The lowest BCUT2D eigenvalue weighted by Crippen LogP contribution is -2.42. The molecule has 4 rings (SSSR count). The molecule has 3 N–H and O–H groups in total. The number of amides is 1. The zero-order valence-corrected chi connectivity index (χ0v) is 23.0. The van der Waals surface area contributed by atoms with Crippen molar-refractivity contribution in [3.63, 3.8) is 0 Å². The highest BCUT2D eigenvalue weighted by atomic mass is 35.5. The van der Waals surface area contributed by atoms with Crippen LogP contribution in [-0.4, -0.2) is 24.4 Å². The third-order valence-corrected chi connectivity index (χ3v) is 6.57. The van der Waals surface area contributed by atoms with Crippen LogP contribution in [0.2, 0.25) is 10.0 Å². The lowest BCUT2D eigenvalue weighted by atomic mass is 9.90. The van der Waals surface area contributed by atoms with E-state index in [9.17, 15) is 35.5 Å². The molecule has 6 nitrogen and oxygen atoms in total. The fourth-order valence-electron chi connectivity index (χ4n) is 4.04. The molecule has 15 heteroatoms. The molecule has 0 spiro atoms. The Hall–Kier alpha value is -3.52. The highest BCUT2D eigenvalue weighted by Crippen LogP contribution is 2.49. The van der Waals surface area contributed by atoms with Gasteiger partial charge in [0.05, 0.1) is 21.8 Å². The summed E-state index contributed by atoms with van der Waals surface area (Å²) >= 11 is 11.5. The molecule has 0 saturated heterocycles. The number of rotatable bonds is 7. The molecular formula is C27H20Cl2F7N3O3. The number of fused-ring (bicyclic) bond motifs is 1. The monoisotopic (exact) mass is 637 g/mol. The van der Waals surface area contributed by atoms with E-state index < -0.39 is 57.1 Å². The van der Waals surface area contributed by atoms with Crippen LogP contribution in [-0.2, 0) is 15.3 Å². The first-order chi connectivity index (χ1) is 19.5. The third-order valence-electron chi connectivity index (χ3n) is 6.02. The highest BCUT2D eigenvalue weighted by molar-refractivity contribution is 6.35. The van der Waals surface area contributed by atoms with Crippen LogP contribution >= 0.6 is 23.2 Å². The first kappa shape index (κ1) is 31.4. The summed E-state index contributed by atoms with van der Waals surface area (Å²) < 4.78 is 97.2. The maximum Gasteiger partial charge on any atom is 0.434 e. The summed E-state index contributed by atoms with van der Waals surface area (Å²) in [5, 5.41) is 1.23. The average Bonchev–Trinajstić information content (AvgIpc) is 3.36. The quantitative estimate of drug-likeness (QED) is 0.141. The number of carbonyl (C=O) groups excluding carboxylic acids is 1. The molecule has 1 heterocycles. The molecule has 0 aromatic heterocycles. The van der Waals surface area contributed by atoms with Crippen LogP contribution < -0.4 is 16.3 Å². The smallest absolute Gasteiger partial charge is 0.326 e. The van der Waals surface area contributed by atoms with Gasteiger partial charge in [0.25, 0.3) is 5.91 Å². The van der Waals surface area contributed by atoms with Gasteiger partial charge in [-0.1, -0.05) is 53.5 Å². The predicted molar refractivity (Wildman–Crippen MR) is 141 cm³/mol. The van der Waals surface area contributed by atoms with Gasteiger partial charge in [-0.15, -0.1) is 0 Å². The Kier molecular flexibility index (Phi) is 8.70. The van der Waals surface area contributed by atoms with Gasteiger partial charge in [0, 0.05) is 22.9 Å². The summed E-state index contributed by atoms with van der Waals surface area (Å²) in [6, 6.07) is 10.1. The number of allylic oxidation sites excluding steroid dienone is 1. The van der Waals surface area contributed by atoms with Crippen LogP contribution in [0, 0.1) is 5.82 Å². The summed E-state index contributed by atoms with van der Waals surface area (Å²) in [4.78, 5) is 22.7. The second kappa shape index (κ2) is 11.6. The summed E-state index contributed by atoms with van der Waals surface area (Å²) in [5.74, 6) is -2.04. The molecule has 1 aliphatic heterocycles. The minimum atomic E-state index is -5.07. The molecule has 1 atom stereocenters. The minimum Gasteiger partial charge on any atom is -0.326 e. The minimum absolute atomic E-state index is 0.0735. The first-order valence-corrected chi connectivity index (χ1v) is 12.7. The second-order valence-electron chi connectivity index (χ2n) is 9.25. The average molecular weight is 638 g/mol. The topological polar surface area (TPSA) is 71.6 Å². The van der Waals surface area contributed by atoms with Gasteiger partial charge in [0.2, 0.25) is 5.60 Å². The normalized spacial score (nSPS) is 17.8. The number of halogens is 9. The number of hydrogen-bond acceptors (Lipinski definition) is 5. The maximum atomic E-state index is 14.4. The molecule has 224 valence electrons. The van der Waals surface area contributed by atoms with Crippen LogP contribution in [0.15, 0.2) is 66.5 Å². The lowest BCUT2D eigenvalue weighted by molar-refractivity contribution is -0.269. The Morgan fingerprint density at radius 1 is 1.02 bits per heavy atom. The van der Waals surface area contributed by atoms with E-state index in [-0.39, 0.29) is 27.6 Å². The van der Waals surface area contributed by atoms with Gasteiger partial charge in [0.15, 0.2) is 11.5 Å². The number of hydroxylamine groups is 2. The van der Waals surface area contributed by atoms with Gasteiger partial charge in [-0.25, -0.2) is 4.39 Å². The molecule has 1 amide bonds. The van der Waals surface area contributed by atoms with E-state index in [1.54, 1.807) is 11.5 Å². The van der Waals surface area contributed by atoms with E-state index in [2.05, 4.69) is 10.8 Å². The Bertz CT molecular complexity index is 1570. The fourth-order valence-corrected chi connectivity index (χ4v) is 4.53. The van der Waals surface area contributed by atoms with Gasteiger partial charge >= 0.3 is 12.4 Å². The van der Waals surface area contributed by atoms with Crippen molar-refractivity contribution in [1.29, 1.82) is 0 Å². The Labute approximate surface area is 244 Å². The molecule has 1 unspecified atom stereocenters. The van der Waals surface area contributed by atoms with Crippen LogP contribution in [0.25, 0.3) is 16.5 Å². The van der Waals surface area contributed by atoms with Gasteiger partial charge in [-0.3, -0.25) is 25.4 Å². The van der Waals surface area contributed by atoms with E-state index in [0.717, 1.165) is 12.1 Å². The van der Waals surface area contributed by atoms with Gasteiger partial charge in [-0.05, 0) is 48.9 Å². The molecule has 3 aromatic rings. The maximum absolute atomic E-state index is 14.4. The number of nitrogens with one attached hydrogen (secondary N) is 3. The van der Waals surface area contributed by atoms with Crippen LogP contribution in [0.4, 0.5) is 30.7 Å². The SMILES string of the molecule is CC(C)ON/C(=C/NC(=O)c1ccc(C2=CC(c3cc(Cl)c(F)c(Cl)c3)(C(F)(F)F)ON2)c2ccccc12)C(F)(F)F. The number of benzene rings is 3. The van der Waals surface area contributed by atoms with Crippen molar-refractivity contribution in [2.24, 2.45) is 0 Å². The van der Waals surface area contributed by atoms with E-state index >= 15 is 0 Å². The number of carbonyl (C=O) groups is 1. The summed E-state index contributed by atoms with van der Waals surface area (Å²) in [6.07, 6.45) is -9.43. The van der Waals surface area contributed by atoms with Gasteiger partial charge < -0.3 is 5.32 Å². The Morgan fingerprint density at radius 2 is 1.64 bits per heavy atom.